The summed E-state index contributed by atoms with van der Waals surface area (Å²) in [4.78, 5) is 21.5. The van der Waals surface area contributed by atoms with Crippen molar-refractivity contribution in [2.75, 3.05) is 0 Å². The van der Waals surface area contributed by atoms with Gasteiger partial charge in [0.15, 0.2) is 0 Å². The molecule has 1 N–H and O–H groups in total. The van der Waals surface area contributed by atoms with Crippen LogP contribution >= 0.6 is 11.8 Å². The van der Waals surface area contributed by atoms with Crippen LogP contribution in [-0.4, -0.2) is 21.4 Å². The van der Waals surface area contributed by atoms with Gasteiger partial charge in [0.25, 0.3) is 5.24 Å². The van der Waals surface area contributed by atoms with Crippen molar-refractivity contribution in [3.8, 4) is 0 Å². The largest absolute Gasteiger partial charge is 0.290 e. The van der Waals surface area contributed by atoms with E-state index in [4.69, 9.17) is 0 Å². The third-order valence-electron chi connectivity index (χ3n) is 2.63. The quantitative estimate of drug-likeness (QED) is 0.862. The van der Waals surface area contributed by atoms with Gasteiger partial charge in [-0.05, 0) is 13.0 Å². The fourth-order valence-electron chi connectivity index (χ4n) is 1.84. The summed E-state index contributed by atoms with van der Waals surface area (Å²) in [5, 5.41) is 7.08. The SMILES string of the molecule is CC(SC(=O)NC=O)c1nn(C)c2ccccc12. The zero-order valence-electron chi connectivity index (χ0n) is 10.1. The molecule has 0 bridgehead atoms. The minimum absolute atomic E-state index is 0.115. The highest BCUT2D eigenvalue weighted by molar-refractivity contribution is 8.13. The molecule has 0 saturated carbocycles. The molecule has 0 saturated heterocycles. The van der Waals surface area contributed by atoms with Gasteiger partial charge in [-0.25, -0.2) is 0 Å². The maximum atomic E-state index is 11.4. The molecule has 1 aromatic heterocycles. The summed E-state index contributed by atoms with van der Waals surface area (Å²) in [7, 11) is 1.87. The van der Waals surface area contributed by atoms with Gasteiger partial charge in [0, 0.05) is 12.4 Å². The predicted molar refractivity (Wildman–Crippen MR) is 71.3 cm³/mol. The molecule has 0 fully saturated rings. The molecule has 0 spiro atoms. The van der Waals surface area contributed by atoms with Gasteiger partial charge in [-0.1, -0.05) is 30.0 Å². The highest BCUT2D eigenvalue weighted by Crippen LogP contribution is 2.32. The molecular formula is C12H13N3O2S. The molecule has 0 aliphatic rings. The molecule has 1 aromatic carbocycles. The molecule has 0 radical (unpaired) electrons. The summed E-state index contributed by atoms with van der Waals surface area (Å²) in [5.74, 6) is 0. The minimum atomic E-state index is -0.368. The number of hydrogen-bond acceptors (Lipinski definition) is 4. The summed E-state index contributed by atoms with van der Waals surface area (Å²) in [6, 6.07) is 7.85. The van der Waals surface area contributed by atoms with Gasteiger partial charge in [-0.15, -0.1) is 0 Å². The number of benzene rings is 1. The molecule has 18 heavy (non-hydrogen) atoms. The number of fused-ring (bicyclic) bond motifs is 1. The van der Waals surface area contributed by atoms with Gasteiger partial charge < -0.3 is 0 Å². The Morgan fingerprint density at radius 3 is 2.94 bits per heavy atom. The standard InChI is InChI=1S/C12H13N3O2S/c1-8(18-12(17)13-7-16)11-9-5-3-4-6-10(9)15(2)14-11/h3-8H,1-2H3,(H,13,16,17). The van der Waals surface area contributed by atoms with Gasteiger partial charge in [0.2, 0.25) is 6.41 Å². The van der Waals surface area contributed by atoms with Gasteiger partial charge >= 0.3 is 0 Å². The van der Waals surface area contributed by atoms with Crippen molar-refractivity contribution in [2.45, 2.75) is 12.2 Å². The van der Waals surface area contributed by atoms with Crippen LogP contribution < -0.4 is 5.32 Å². The number of nitrogens with one attached hydrogen (secondary N) is 1. The van der Waals surface area contributed by atoms with E-state index < -0.39 is 0 Å². The monoisotopic (exact) mass is 263 g/mol. The predicted octanol–water partition coefficient (Wildman–Crippen LogP) is 2.23. The van der Waals surface area contributed by atoms with Crippen LogP contribution in [0.15, 0.2) is 24.3 Å². The minimum Gasteiger partial charge on any atom is -0.290 e. The van der Waals surface area contributed by atoms with E-state index in [1.54, 1.807) is 4.68 Å². The number of carbonyl (C=O) groups excluding carboxylic acids is 2. The highest BCUT2D eigenvalue weighted by Gasteiger charge is 2.18. The van der Waals surface area contributed by atoms with Crippen LogP contribution in [0.1, 0.15) is 17.9 Å². The van der Waals surface area contributed by atoms with Crippen molar-refractivity contribution < 1.29 is 9.59 Å². The number of para-hydroxylation sites is 1. The third-order valence-corrected chi connectivity index (χ3v) is 3.54. The molecule has 2 rings (SSSR count). The van der Waals surface area contributed by atoms with Crippen LogP contribution in [0.25, 0.3) is 10.9 Å². The molecule has 1 heterocycles. The Morgan fingerprint density at radius 2 is 2.22 bits per heavy atom. The molecule has 1 atom stereocenters. The summed E-state index contributed by atoms with van der Waals surface area (Å²) in [5.41, 5.74) is 1.87. The van der Waals surface area contributed by atoms with Crippen LogP contribution in [0, 0.1) is 0 Å². The van der Waals surface area contributed by atoms with Gasteiger partial charge in [0.1, 0.15) is 0 Å². The molecule has 0 aliphatic carbocycles. The number of thioether (sulfide) groups is 1. The molecule has 94 valence electrons. The lowest BCUT2D eigenvalue weighted by Gasteiger charge is -2.06. The number of nitrogens with zero attached hydrogens (tertiary/aromatic N) is 2. The lowest BCUT2D eigenvalue weighted by atomic mass is 10.2. The third kappa shape index (κ3) is 2.38. The average molecular weight is 263 g/mol. The second-order valence-electron chi connectivity index (χ2n) is 3.84. The van der Waals surface area contributed by atoms with Gasteiger partial charge in [-0.2, -0.15) is 5.10 Å². The number of imide groups is 1. The van der Waals surface area contributed by atoms with Crippen molar-refractivity contribution in [2.24, 2.45) is 7.05 Å². The van der Waals surface area contributed by atoms with E-state index in [2.05, 4.69) is 10.4 Å². The molecular weight excluding hydrogens is 250 g/mol. The molecule has 0 aliphatic heterocycles. The number of rotatable bonds is 3. The molecule has 6 heteroatoms. The second kappa shape index (κ2) is 5.22. The van der Waals surface area contributed by atoms with E-state index in [1.807, 2.05) is 38.2 Å². The van der Waals surface area contributed by atoms with E-state index in [-0.39, 0.29) is 10.5 Å². The Hall–Kier alpha value is -1.82. The van der Waals surface area contributed by atoms with Crippen molar-refractivity contribution in [1.29, 1.82) is 0 Å². The number of aromatic nitrogens is 2. The van der Waals surface area contributed by atoms with Crippen molar-refractivity contribution in [3.05, 3.63) is 30.0 Å². The van der Waals surface area contributed by atoms with E-state index in [9.17, 15) is 9.59 Å². The molecule has 2 amide bonds. The first kappa shape index (κ1) is 12.6. The Labute approximate surface area is 109 Å². The number of carbonyl (C=O) groups is 2. The fraction of sp³-hybridized carbons (Fsp3) is 0.250. The first-order valence-electron chi connectivity index (χ1n) is 5.46. The van der Waals surface area contributed by atoms with Crippen LogP contribution in [0.4, 0.5) is 4.79 Å². The van der Waals surface area contributed by atoms with Crippen LogP contribution in [-0.2, 0) is 11.8 Å². The molecule has 1 unspecified atom stereocenters. The zero-order chi connectivity index (χ0) is 13.1. The topological polar surface area (TPSA) is 64.0 Å². The van der Waals surface area contributed by atoms with Crippen molar-refractivity contribution >= 4 is 34.3 Å². The maximum absolute atomic E-state index is 11.4. The Kier molecular flexibility index (Phi) is 3.66. The normalized spacial score (nSPS) is 12.3. The number of aryl methyl sites for hydroxylation is 1. The fourth-order valence-corrected chi connectivity index (χ4v) is 2.56. The Morgan fingerprint density at radius 1 is 1.50 bits per heavy atom. The zero-order valence-corrected chi connectivity index (χ0v) is 10.9. The van der Waals surface area contributed by atoms with E-state index in [0.717, 1.165) is 28.4 Å². The van der Waals surface area contributed by atoms with E-state index in [0.29, 0.717) is 6.41 Å². The van der Waals surface area contributed by atoms with Gasteiger partial charge in [-0.3, -0.25) is 19.6 Å². The Bertz CT molecular complexity index is 594. The number of hydrogen-bond donors (Lipinski definition) is 1. The molecule has 5 nitrogen and oxygen atoms in total. The molecule has 2 aromatic rings. The van der Waals surface area contributed by atoms with Crippen LogP contribution in [0.5, 0.6) is 0 Å². The summed E-state index contributed by atoms with van der Waals surface area (Å²) in [6.45, 7) is 1.89. The lowest BCUT2D eigenvalue weighted by molar-refractivity contribution is -0.108. The lowest BCUT2D eigenvalue weighted by Crippen LogP contribution is -2.16. The summed E-state index contributed by atoms with van der Waals surface area (Å²) >= 11 is 1.05. The van der Waals surface area contributed by atoms with Crippen LogP contribution in [0.3, 0.4) is 0 Å². The highest BCUT2D eigenvalue weighted by atomic mass is 32.2. The first-order chi connectivity index (χ1) is 8.63. The van der Waals surface area contributed by atoms with Crippen molar-refractivity contribution in [1.82, 2.24) is 15.1 Å². The summed E-state index contributed by atoms with van der Waals surface area (Å²) in [6.07, 6.45) is 0.387. The van der Waals surface area contributed by atoms with E-state index >= 15 is 0 Å². The number of amides is 2. The Balaban J connectivity index is 2.30. The van der Waals surface area contributed by atoms with Gasteiger partial charge in [0.05, 0.1) is 16.5 Å². The first-order valence-corrected chi connectivity index (χ1v) is 6.34. The summed E-state index contributed by atoms with van der Waals surface area (Å²) < 4.78 is 1.79. The van der Waals surface area contributed by atoms with Crippen LogP contribution in [0.2, 0.25) is 0 Å². The van der Waals surface area contributed by atoms with Crippen molar-refractivity contribution in [3.63, 3.8) is 0 Å². The second-order valence-corrected chi connectivity index (χ2v) is 5.15. The maximum Gasteiger partial charge on any atom is 0.286 e. The smallest absolute Gasteiger partial charge is 0.286 e. The average Bonchev–Trinajstić information content (AvgIpc) is 2.68. The van der Waals surface area contributed by atoms with E-state index in [1.165, 1.54) is 0 Å².